The minimum absolute atomic E-state index is 0.309. The third-order valence-electron chi connectivity index (χ3n) is 2.32. The summed E-state index contributed by atoms with van der Waals surface area (Å²) in [6.45, 7) is 0. The molecule has 0 aliphatic heterocycles. The Morgan fingerprint density at radius 3 is 2.25 bits per heavy atom. The first kappa shape index (κ1) is 10.3. The zero-order chi connectivity index (χ0) is 8.97. The van der Waals surface area contributed by atoms with Crippen molar-refractivity contribution >= 4 is 31.9 Å². The maximum Gasteiger partial charge on any atom is 0.0655 e. The maximum atomic E-state index is 8.68. The van der Waals surface area contributed by atoms with Crippen LogP contribution in [0.25, 0.3) is 0 Å². The van der Waals surface area contributed by atoms with E-state index in [0.717, 1.165) is 29.1 Å². The van der Waals surface area contributed by atoms with Crippen molar-refractivity contribution in [3.05, 3.63) is 9.47 Å². The van der Waals surface area contributed by atoms with Crippen LogP contribution in [-0.4, -0.2) is 0 Å². The van der Waals surface area contributed by atoms with Crippen molar-refractivity contribution in [2.75, 3.05) is 0 Å². The average Bonchev–Trinajstić information content (AvgIpc) is 2.05. The Kier molecular flexibility index (Phi) is 4.31. The summed E-state index contributed by atoms with van der Waals surface area (Å²) in [5, 5.41) is 8.68. The van der Waals surface area contributed by atoms with Crippen molar-refractivity contribution in [1.29, 1.82) is 5.26 Å². The van der Waals surface area contributed by atoms with Crippen LogP contribution in [0.2, 0.25) is 0 Å². The Morgan fingerprint density at radius 2 is 1.83 bits per heavy atom. The standard InChI is InChI=1S/C9H11Br2N/c10-9(11)5-7-1-3-8(6-12)4-2-7/h5,7-8H,1-4H2. The van der Waals surface area contributed by atoms with Gasteiger partial charge in [-0.15, -0.1) is 0 Å². The molecular formula is C9H11Br2N. The smallest absolute Gasteiger partial charge is 0.0655 e. The van der Waals surface area contributed by atoms with E-state index in [9.17, 15) is 0 Å². The normalized spacial score (nSPS) is 29.1. The fourth-order valence-electron chi connectivity index (χ4n) is 1.59. The number of allylic oxidation sites excluding steroid dienone is 1. The van der Waals surface area contributed by atoms with Crippen LogP contribution in [0.15, 0.2) is 9.47 Å². The summed E-state index contributed by atoms with van der Waals surface area (Å²) >= 11 is 6.71. The molecule has 0 atom stereocenters. The minimum Gasteiger partial charge on any atom is -0.198 e. The highest BCUT2D eigenvalue weighted by atomic mass is 79.9. The van der Waals surface area contributed by atoms with Gasteiger partial charge in [-0.25, -0.2) is 0 Å². The molecule has 1 aliphatic rings. The van der Waals surface area contributed by atoms with E-state index in [2.05, 4.69) is 44.0 Å². The maximum absolute atomic E-state index is 8.68. The predicted octanol–water partition coefficient (Wildman–Crippen LogP) is 3.95. The predicted molar refractivity (Wildman–Crippen MR) is 57.0 cm³/mol. The Bertz CT molecular complexity index is 205. The Balaban J connectivity index is 2.37. The van der Waals surface area contributed by atoms with Crippen LogP contribution in [0, 0.1) is 23.2 Å². The third-order valence-corrected chi connectivity index (χ3v) is 2.84. The van der Waals surface area contributed by atoms with E-state index in [0.29, 0.717) is 11.8 Å². The quantitative estimate of drug-likeness (QED) is 0.718. The van der Waals surface area contributed by atoms with Crippen LogP contribution in [0.3, 0.4) is 0 Å². The van der Waals surface area contributed by atoms with E-state index in [-0.39, 0.29) is 0 Å². The monoisotopic (exact) mass is 291 g/mol. The van der Waals surface area contributed by atoms with Crippen LogP contribution in [0.5, 0.6) is 0 Å². The van der Waals surface area contributed by atoms with Gasteiger partial charge in [0.1, 0.15) is 0 Å². The Morgan fingerprint density at radius 1 is 1.25 bits per heavy atom. The van der Waals surface area contributed by atoms with Crippen molar-refractivity contribution in [1.82, 2.24) is 0 Å². The molecule has 0 spiro atoms. The second-order valence-corrected chi connectivity index (χ2v) is 5.97. The molecule has 66 valence electrons. The lowest BCUT2D eigenvalue weighted by Gasteiger charge is -2.21. The van der Waals surface area contributed by atoms with Crippen LogP contribution >= 0.6 is 31.9 Å². The molecule has 0 aromatic carbocycles. The van der Waals surface area contributed by atoms with Crippen LogP contribution in [0.1, 0.15) is 25.7 Å². The highest BCUT2D eigenvalue weighted by molar-refractivity contribution is 9.28. The van der Waals surface area contributed by atoms with Crippen molar-refractivity contribution in [3.63, 3.8) is 0 Å². The van der Waals surface area contributed by atoms with Gasteiger partial charge in [-0.1, -0.05) is 6.08 Å². The van der Waals surface area contributed by atoms with Crippen LogP contribution in [0.4, 0.5) is 0 Å². The number of nitrogens with zero attached hydrogens (tertiary/aromatic N) is 1. The fourth-order valence-corrected chi connectivity index (χ4v) is 2.34. The molecule has 0 aromatic heterocycles. The summed E-state index contributed by atoms with van der Waals surface area (Å²) in [4.78, 5) is 0. The molecule has 12 heavy (non-hydrogen) atoms. The minimum atomic E-state index is 0.309. The number of hydrogen-bond acceptors (Lipinski definition) is 1. The van der Waals surface area contributed by atoms with Gasteiger partial charge in [0.05, 0.1) is 9.46 Å². The van der Waals surface area contributed by atoms with Gasteiger partial charge in [0.15, 0.2) is 0 Å². The number of halogens is 2. The first-order valence-corrected chi connectivity index (χ1v) is 5.73. The lowest BCUT2D eigenvalue weighted by molar-refractivity contribution is 0.362. The van der Waals surface area contributed by atoms with Crippen molar-refractivity contribution in [2.24, 2.45) is 11.8 Å². The van der Waals surface area contributed by atoms with Gasteiger partial charge < -0.3 is 0 Å². The van der Waals surface area contributed by atoms with E-state index in [1.165, 1.54) is 0 Å². The lowest BCUT2D eigenvalue weighted by atomic mass is 9.83. The topological polar surface area (TPSA) is 23.8 Å². The molecule has 0 aromatic rings. The Hall–Kier alpha value is 0.190. The summed E-state index contributed by atoms with van der Waals surface area (Å²) < 4.78 is 1.04. The van der Waals surface area contributed by atoms with Crippen LogP contribution in [-0.2, 0) is 0 Å². The molecule has 0 N–H and O–H groups in total. The second kappa shape index (κ2) is 5.04. The molecule has 0 unspecified atom stereocenters. The summed E-state index contributed by atoms with van der Waals surface area (Å²) in [6.07, 6.45) is 6.61. The Labute approximate surface area is 90.1 Å². The molecule has 1 fully saturated rings. The summed E-state index contributed by atoms with van der Waals surface area (Å²) in [7, 11) is 0. The number of nitriles is 1. The third kappa shape index (κ3) is 3.28. The van der Waals surface area contributed by atoms with E-state index in [1.54, 1.807) is 0 Å². The van der Waals surface area contributed by atoms with Gasteiger partial charge in [-0.2, -0.15) is 5.26 Å². The zero-order valence-electron chi connectivity index (χ0n) is 6.76. The molecule has 0 bridgehead atoms. The highest BCUT2D eigenvalue weighted by Gasteiger charge is 2.18. The van der Waals surface area contributed by atoms with Gasteiger partial charge >= 0.3 is 0 Å². The molecule has 0 amide bonds. The number of rotatable bonds is 1. The molecule has 1 aliphatic carbocycles. The molecule has 0 radical (unpaired) electrons. The first-order chi connectivity index (χ1) is 5.72. The molecule has 1 saturated carbocycles. The van der Waals surface area contributed by atoms with Gasteiger partial charge in [-0.05, 0) is 63.5 Å². The molecule has 0 saturated heterocycles. The van der Waals surface area contributed by atoms with Crippen LogP contribution < -0.4 is 0 Å². The summed E-state index contributed by atoms with van der Waals surface area (Å²) in [5.41, 5.74) is 0. The largest absolute Gasteiger partial charge is 0.198 e. The first-order valence-electron chi connectivity index (χ1n) is 4.15. The lowest BCUT2D eigenvalue weighted by Crippen LogP contribution is -2.11. The van der Waals surface area contributed by atoms with E-state index < -0.39 is 0 Å². The van der Waals surface area contributed by atoms with Gasteiger partial charge in [0.25, 0.3) is 0 Å². The van der Waals surface area contributed by atoms with E-state index in [4.69, 9.17) is 5.26 Å². The van der Waals surface area contributed by atoms with E-state index >= 15 is 0 Å². The van der Waals surface area contributed by atoms with Gasteiger partial charge in [-0.3, -0.25) is 0 Å². The SMILES string of the molecule is N#CC1CCC(C=C(Br)Br)CC1. The van der Waals surface area contributed by atoms with Gasteiger partial charge in [0.2, 0.25) is 0 Å². The van der Waals surface area contributed by atoms with Gasteiger partial charge in [0, 0.05) is 5.92 Å². The summed E-state index contributed by atoms with van der Waals surface area (Å²) in [5.74, 6) is 0.965. The molecule has 0 heterocycles. The average molecular weight is 293 g/mol. The molecule has 3 heteroatoms. The highest BCUT2D eigenvalue weighted by Crippen LogP contribution is 2.31. The number of hydrogen-bond donors (Lipinski definition) is 0. The summed E-state index contributed by atoms with van der Waals surface area (Å²) in [6, 6.07) is 2.33. The molecule has 1 nitrogen and oxygen atoms in total. The van der Waals surface area contributed by atoms with Crippen molar-refractivity contribution < 1.29 is 0 Å². The van der Waals surface area contributed by atoms with Crippen molar-refractivity contribution in [2.45, 2.75) is 25.7 Å². The molecular weight excluding hydrogens is 282 g/mol. The molecule has 1 rings (SSSR count). The fraction of sp³-hybridized carbons (Fsp3) is 0.667. The zero-order valence-corrected chi connectivity index (χ0v) is 9.94. The van der Waals surface area contributed by atoms with E-state index in [1.807, 2.05) is 0 Å². The second-order valence-electron chi connectivity index (χ2n) is 3.20. The van der Waals surface area contributed by atoms with Crippen molar-refractivity contribution in [3.8, 4) is 6.07 Å².